The van der Waals surface area contributed by atoms with E-state index >= 15 is 0 Å². The van der Waals surface area contributed by atoms with Gasteiger partial charge in [-0.15, -0.1) is 0 Å². The van der Waals surface area contributed by atoms with Crippen LogP contribution in [0.2, 0.25) is 0 Å². The molecule has 0 unspecified atom stereocenters. The predicted octanol–water partition coefficient (Wildman–Crippen LogP) is 5.25. The van der Waals surface area contributed by atoms with Gasteiger partial charge in [-0.2, -0.15) is 0 Å². The second-order valence-corrected chi connectivity index (χ2v) is 8.89. The Hall–Kier alpha value is -4.36. The maximum Gasteiger partial charge on any atom is 0.255 e. The van der Waals surface area contributed by atoms with Crippen molar-refractivity contribution >= 4 is 34.9 Å². The Morgan fingerprint density at radius 1 is 0.806 bits per heavy atom. The molecule has 1 aliphatic rings. The third-order valence-electron chi connectivity index (χ3n) is 6.44. The van der Waals surface area contributed by atoms with Gasteiger partial charge in [-0.1, -0.05) is 0 Å². The van der Waals surface area contributed by atoms with Crippen molar-refractivity contribution in [3.63, 3.8) is 0 Å². The summed E-state index contributed by atoms with van der Waals surface area (Å²) in [6.45, 7) is 1.65. The number of carbonyl (C=O) groups is 2. The molecule has 7 heteroatoms. The molecule has 0 bridgehead atoms. The van der Waals surface area contributed by atoms with Crippen LogP contribution in [0.4, 0.5) is 22.7 Å². The minimum atomic E-state index is -0.207. The van der Waals surface area contributed by atoms with E-state index in [1.54, 1.807) is 6.07 Å². The summed E-state index contributed by atoms with van der Waals surface area (Å²) in [7, 11) is 0. The first-order valence-electron chi connectivity index (χ1n) is 12.0. The first-order valence-corrected chi connectivity index (χ1v) is 12.0. The molecule has 1 fully saturated rings. The summed E-state index contributed by atoms with van der Waals surface area (Å²) in [5.74, 6) is -0.161. The van der Waals surface area contributed by atoms with Crippen molar-refractivity contribution in [3.05, 3.63) is 102 Å². The first kappa shape index (κ1) is 23.4. The number of piperidine rings is 1. The van der Waals surface area contributed by atoms with E-state index in [4.69, 9.17) is 0 Å². The van der Waals surface area contributed by atoms with Gasteiger partial charge < -0.3 is 25.2 Å². The van der Waals surface area contributed by atoms with E-state index in [9.17, 15) is 14.7 Å². The highest BCUT2D eigenvalue weighted by Crippen LogP contribution is 2.23. The molecule has 0 atom stereocenters. The highest BCUT2D eigenvalue weighted by molar-refractivity contribution is 6.04. The summed E-state index contributed by atoms with van der Waals surface area (Å²) >= 11 is 0. The molecule has 1 saturated heterocycles. The molecule has 7 nitrogen and oxygen atoms in total. The number of anilines is 4. The summed E-state index contributed by atoms with van der Waals surface area (Å²) in [6.07, 6.45) is 4.03. The van der Waals surface area contributed by atoms with Gasteiger partial charge in [-0.3, -0.25) is 9.59 Å². The van der Waals surface area contributed by atoms with Crippen molar-refractivity contribution in [2.75, 3.05) is 28.6 Å². The molecule has 1 aliphatic heterocycles. The fourth-order valence-corrected chi connectivity index (χ4v) is 4.39. The number of benzene rings is 3. The van der Waals surface area contributed by atoms with E-state index in [1.807, 2.05) is 89.6 Å². The lowest BCUT2D eigenvalue weighted by Crippen LogP contribution is -2.35. The van der Waals surface area contributed by atoms with Gasteiger partial charge in [0, 0.05) is 53.3 Å². The molecule has 0 spiro atoms. The summed E-state index contributed by atoms with van der Waals surface area (Å²) in [5.41, 5.74) is 5.70. The summed E-state index contributed by atoms with van der Waals surface area (Å²) in [5, 5.41) is 16.0. The number of nitrogens with one attached hydrogen (secondary N) is 2. The number of hydrogen-bond acceptors (Lipinski definition) is 5. The highest BCUT2D eigenvalue weighted by Gasteiger charge is 2.17. The van der Waals surface area contributed by atoms with E-state index in [0.717, 1.165) is 55.0 Å². The minimum absolute atomic E-state index is 0.161. The van der Waals surface area contributed by atoms with E-state index in [1.165, 1.54) is 0 Å². The van der Waals surface area contributed by atoms with E-state index in [2.05, 4.69) is 15.5 Å². The van der Waals surface area contributed by atoms with Gasteiger partial charge in [0.2, 0.25) is 0 Å². The Morgan fingerprint density at radius 2 is 1.39 bits per heavy atom. The van der Waals surface area contributed by atoms with Crippen molar-refractivity contribution in [1.29, 1.82) is 0 Å². The largest absolute Gasteiger partial charge is 0.393 e. The van der Waals surface area contributed by atoms with Crippen LogP contribution in [0.15, 0.2) is 91.1 Å². The molecule has 0 saturated carbocycles. The zero-order valence-corrected chi connectivity index (χ0v) is 19.8. The predicted molar refractivity (Wildman–Crippen MR) is 143 cm³/mol. The molecular weight excluding hydrogens is 452 g/mol. The zero-order chi connectivity index (χ0) is 24.9. The third-order valence-corrected chi connectivity index (χ3v) is 6.44. The Morgan fingerprint density at radius 3 is 2.03 bits per heavy atom. The number of carbonyl (C=O) groups excluding carboxylic acids is 2. The smallest absolute Gasteiger partial charge is 0.255 e. The van der Waals surface area contributed by atoms with Gasteiger partial charge in [-0.05, 0) is 97.8 Å². The van der Waals surface area contributed by atoms with Crippen molar-refractivity contribution in [2.45, 2.75) is 18.9 Å². The standard InChI is InChI=1S/C29H28N4O3/c34-20-27-2-1-17-33(27)26-13-9-23(10-14-26)30-22-5-7-24(8-6-22)31-29(36)21-3-11-25(12-4-21)32-18-15-28(35)16-19-32/h1-14,17,20,28,30,35H,15-16,18-19H2,(H,31,36). The van der Waals surface area contributed by atoms with Gasteiger partial charge in [0.1, 0.15) is 0 Å². The zero-order valence-electron chi connectivity index (χ0n) is 19.8. The van der Waals surface area contributed by atoms with Crippen LogP contribution in [0.3, 0.4) is 0 Å². The van der Waals surface area contributed by atoms with E-state index < -0.39 is 0 Å². The second kappa shape index (κ2) is 10.5. The Labute approximate surface area is 210 Å². The van der Waals surface area contributed by atoms with Gasteiger partial charge in [-0.25, -0.2) is 0 Å². The molecule has 1 aromatic heterocycles. The number of amides is 1. The molecule has 3 aromatic carbocycles. The summed E-state index contributed by atoms with van der Waals surface area (Å²) in [4.78, 5) is 26.1. The fraction of sp³-hybridized carbons (Fsp3) is 0.172. The number of aldehydes is 1. The molecule has 3 N–H and O–H groups in total. The number of aliphatic hydroxyl groups excluding tert-OH is 1. The van der Waals surface area contributed by atoms with Gasteiger partial charge in [0.15, 0.2) is 6.29 Å². The molecule has 0 radical (unpaired) electrons. The number of hydrogen-bond donors (Lipinski definition) is 3. The second-order valence-electron chi connectivity index (χ2n) is 8.89. The average Bonchev–Trinajstić information content (AvgIpc) is 3.40. The van der Waals surface area contributed by atoms with Crippen LogP contribution in [0.25, 0.3) is 5.69 Å². The lowest BCUT2D eigenvalue weighted by atomic mass is 10.1. The number of rotatable bonds is 7. The number of nitrogens with zero attached hydrogens (tertiary/aromatic N) is 2. The normalized spacial score (nSPS) is 13.9. The van der Waals surface area contributed by atoms with Crippen LogP contribution < -0.4 is 15.5 Å². The quantitative estimate of drug-likeness (QED) is 0.315. The van der Waals surface area contributed by atoms with Crippen molar-refractivity contribution in [3.8, 4) is 5.69 Å². The molecule has 0 aliphatic carbocycles. The molecule has 182 valence electrons. The van der Waals surface area contributed by atoms with Crippen molar-refractivity contribution in [2.24, 2.45) is 0 Å². The minimum Gasteiger partial charge on any atom is -0.393 e. The van der Waals surface area contributed by atoms with E-state index in [-0.39, 0.29) is 12.0 Å². The monoisotopic (exact) mass is 480 g/mol. The lowest BCUT2D eigenvalue weighted by molar-refractivity contribution is 0.102. The molecule has 36 heavy (non-hydrogen) atoms. The molecule has 1 amide bonds. The van der Waals surface area contributed by atoms with Crippen LogP contribution in [-0.2, 0) is 0 Å². The third kappa shape index (κ3) is 5.31. The number of aliphatic hydroxyl groups is 1. The lowest BCUT2D eigenvalue weighted by Gasteiger charge is -2.31. The van der Waals surface area contributed by atoms with Crippen LogP contribution in [0.5, 0.6) is 0 Å². The van der Waals surface area contributed by atoms with Crippen LogP contribution in [0.1, 0.15) is 33.7 Å². The van der Waals surface area contributed by atoms with Crippen LogP contribution in [-0.4, -0.2) is 41.1 Å². The molecular formula is C29H28N4O3. The van der Waals surface area contributed by atoms with Gasteiger partial charge >= 0.3 is 0 Å². The molecule has 4 aromatic rings. The fourth-order valence-electron chi connectivity index (χ4n) is 4.39. The maximum atomic E-state index is 12.7. The molecule has 2 heterocycles. The summed E-state index contributed by atoms with van der Waals surface area (Å²) < 4.78 is 1.83. The Bertz CT molecular complexity index is 1320. The topological polar surface area (TPSA) is 86.6 Å². The number of aromatic nitrogens is 1. The highest BCUT2D eigenvalue weighted by atomic mass is 16.3. The van der Waals surface area contributed by atoms with Crippen LogP contribution >= 0.6 is 0 Å². The van der Waals surface area contributed by atoms with Gasteiger partial charge in [0.05, 0.1) is 11.8 Å². The average molecular weight is 481 g/mol. The first-order chi connectivity index (χ1) is 17.6. The maximum absolute atomic E-state index is 12.7. The van der Waals surface area contributed by atoms with E-state index in [0.29, 0.717) is 16.9 Å². The van der Waals surface area contributed by atoms with Gasteiger partial charge in [0.25, 0.3) is 5.91 Å². The SMILES string of the molecule is O=Cc1cccn1-c1ccc(Nc2ccc(NC(=O)c3ccc(N4CCC(O)CC4)cc3)cc2)cc1. The van der Waals surface area contributed by atoms with Crippen molar-refractivity contribution in [1.82, 2.24) is 4.57 Å². The van der Waals surface area contributed by atoms with Crippen molar-refractivity contribution < 1.29 is 14.7 Å². The Kier molecular flexibility index (Phi) is 6.82. The van der Waals surface area contributed by atoms with Crippen LogP contribution in [0, 0.1) is 0 Å². The summed E-state index contributed by atoms with van der Waals surface area (Å²) in [6, 6.07) is 26.5. The molecule has 5 rings (SSSR count). The Balaban J connectivity index is 1.17.